The summed E-state index contributed by atoms with van der Waals surface area (Å²) in [5, 5.41) is 16.1. The smallest absolute Gasteiger partial charge is 0.213 e. The number of nitriles is 1. The van der Waals surface area contributed by atoms with E-state index in [1.165, 1.54) is 23.1 Å². The molecular formula is C10H9N5O2S2. The average Bonchev–Trinajstić information content (AvgIpc) is 2.84. The van der Waals surface area contributed by atoms with Gasteiger partial charge in [-0.05, 0) is 12.1 Å². The molecule has 1 N–H and O–H groups in total. The largest absolute Gasteiger partial charge is 0.275 e. The van der Waals surface area contributed by atoms with E-state index < -0.39 is 10.0 Å². The van der Waals surface area contributed by atoms with Crippen molar-refractivity contribution >= 4 is 21.8 Å². The van der Waals surface area contributed by atoms with Crippen LogP contribution in [0.2, 0.25) is 0 Å². The third kappa shape index (κ3) is 3.24. The first kappa shape index (κ1) is 13.4. The number of hydrogen-bond acceptors (Lipinski definition) is 6. The van der Waals surface area contributed by atoms with Crippen LogP contribution in [0.4, 0.5) is 0 Å². The Morgan fingerprint density at radius 1 is 1.37 bits per heavy atom. The highest BCUT2D eigenvalue weighted by molar-refractivity contribution is 7.99. The number of nitrogens with zero attached hydrogens (tertiary/aromatic N) is 4. The lowest BCUT2D eigenvalue weighted by Gasteiger charge is -2.09. The molecule has 9 heteroatoms. The first-order valence-corrected chi connectivity index (χ1v) is 7.58. The van der Waals surface area contributed by atoms with E-state index in [4.69, 9.17) is 5.26 Å². The Kier molecular flexibility index (Phi) is 4.03. The van der Waals surface area contributed by atoms with E-state index in [0.717, 1.165) is 11.8 Å². The zero-order chi connectivity index (χ0) is 13.7. The summed E-state index contributed by atoms with van der Waals surface area (Å²) in [6.45, 7) is 0. The standard InChI is InChI=1S/C10H9N5O2S2/c11-6-7-18-10-13-12-8-15(10)14-19(16,17)9-4-2-1-3-5-9/h1-5,8,14H,7H2. The normalized spacial score (nSPS) is 10.9. The minimum atomic E-state index is -3.69. The summed E-state index contributed by atoms with van der Waals surface area (Å²) in [6.07, 6.45) is 1.24. The number of sulfonamides is 1. The van der Waals surface area contributed by atoms with E-state index in [0.29, 0.717) is 5.16 Å². The number of rotatable bonds is 5. The van der Waals surface area contributed by atoms with Crippen molar-refractivity contribution in [2.45, 2.75) is 10.1 Å². The summed E-state index contributed by atoms with van der Waals surface area (Å²) in [5.41, 5.74) is 0. The van der Waals surface area contributed by atoms with Crippen LogP contribution in [0.15, 0.2) is 46.7 Å². The van der Waals surface area contributed by atoms with Gasteiger partial charge in [0.1, 0.15) is 6.33 Å². The van der Waals surface area contributed by atoms with Gasteiger partial charge >= 0.3 is 0 Å². The Labute approximate surface area is 114 Å². The van der Waals surface area contributed by atoms with Gasteiger partial charge in [0.25, 0.3) is 10.0 Å². The first-order chi connectivity index (χ1) is 9.13. The van der Waals surface area contributed by atoms with Crippen LogP contribution in [-0.4, -0.2) is 29.0 Å². The highest BCUT2D eigenvalue weighted by atomic mass is 32.2. The van der Waals surface area contributed by atoms with Gasteiger partial charge in [-0.3, -0.25) is 0 Å². The predicted octanol–water partition coefficient (Wildman–Crippen LogP) is 0.826. The topological polar surface area (TPSA) is 101 Å². The SMILES string of the molecule is N#CCSc1nncn1NS(=O)(=O)c1ccccc1. The molecule has 0 atom stereocenters. The predicted molar refractivity (Wildman–Crippen MR) is 69.3 cm³/mol. The molecule has 0 aliphatic rings. The van der Waals surface area contributed by atoms with Crippen LogP contribution in [-0.2, 0) is 10.0 Å². The van der Waals surface area contributed by atoms with Crippen LogP contribution in [0.3, 0.4) is 0 Å². The lowest BCUT2D eigenvalue weighted by Crippen LogP contribution is -2.23. The van der Waals surface area contributed by atoms with Crippen molar-refractivity contribution in [1.82, 2.24) is 14.9 Å². The number of benzene rings is 1. The number of thioether (sulfide) groups is 1. The fourth-order valence-electron chi connectivity index (χ4n) is 1.26. The average molecular weight is 295 g/mol. The summed E-state index contributed by atoms with van der Waals surface area (Å²) in [7, 11) is -3.69. The van der Waals surface area contributed by atoms with Crippen LogP contribution < -0.4 is 4.83 Å². The molecule has 1 heterocycles. The maximum atomic E-state index is 12.1. The molecule has 98 valence electrons. The molecule has 0 bridgehead atoms. The summed E-state index contributed by atoms with van der Waals surface area (Å²) in [4.78, 5) is 2.46. The van der Waals surface area contributed by atoms with Gasteiger partial charge in [0.05, 0.1) is 16.7 Å². The summed E-state index contributed by atoms with van der Waals surface area (Å²) in [6, 6.07) is 9.88. The molecule has 0 fully saturated rings. The van der Waals surface area contributed by atoms with Gasteiger partial charge in [0.2, 0.25) is 5.16 Å². The number of nitrogens with one attached hydrogen (secondary N) is 1. The number of aromatic nitrogens is 3. The second-order valence-electron chi connectivity index (χ2n) is 3.34. The summed E-state index contributed by atoms with van der Waals surface area (Å²) >= 11 is 1.09. The Balaban J connectivity index is 2.22. The van der Waals surface area contributed by atoms with Gasteiger partial charge in [0, 0.05) is 0 Å². The van der Waals surface area contributed by atoms with Crippen molar-refractivity contribution in [3.8, 4) is 6.07 Å². The molecule has 2 rings (SSSR count). The molecule has 19 heavy (non-hydrogen) atoms. The molecule has 1 aromatic heterocycles. The zero-order valence-corrected chi connectivity index (χ0v) is 11.2. The molecule has 0 unspecified atom stereocenters. The second-order valence-corrected chi connectivity index (χ2v) is 5.94. The molecule has 7 nitrogen and oxygen atoms in total. The van der Waals surface area contributed by atoms with Crippen LogP contribution in [0.1, 0.15) is 0 Å². The van der Waals surface area contributed by atoms with E-state index in [1.807, 2.05) is 6.07 Å². The van der Waals surface area contributed by atoms with Gasteiger partial charge in [0.15, 0.2) is 0 Å². The minimum Gasteiger partial charge on any atom is -0.213 e. The molecule has 0 saturated heterocycles. The highest BCUT2D eigenvalue weighted by Crippen LogP contribution is 2.14. The molecule has 0 aliphatic heterocycles. The molecule has 0 aliphatic carbocycles. The number of hydrogen-bond donors (Lipinski definition) is 1. The van der Waals surface area contributed by atoms with Crippen LogP contribution in [0, 0.1) is 11.3 Å². The van der Waals surface area contributed by atoms with Crippen LogP contribution >= 0.6 is 11.8 Å². The molecule has 0 saturated carbocycles. The molecular weight excluding hydrogens is 286 g/mol. The summed E-state index contributed by atoms with van der Waals surface area (Å²) < 4.78 is 25.3. The van der Waals surface area contributed by atoms with Gasteiger partial charge in [-0.15, -0.1) is 10.2 Å². The van der Waals surface area contributed by atoms with Crippen LogP contribution in [0.5, 0.6) is 0 Å². The lowest BCUT2D eigenvalue weighted by atomic mass is 10.4. The monoisotopic (exact) mass is 295 g/mol. The van der Waals surface area contributed by atoms with Crippen molar-refractivity contribution in [3.05, 3.63) is 36.7 Å². The fourth-order valence-corrected chi connectivity index (χ4v) is 2.87. The summed E-state index contributed by atoms with van der Waals surface area (Å²) in [5.74, 6) is 0.158. The van der Waals surface area contributed by atoms with Crippen molar-refractivity contribution in [2.75, 3.05) is 10.6 Å². The van der Waals surface area contributed by atoms with E-state index in [2.05, 4.69) is 15.0 Å². The molecule has 0 spiro atoms. The van der Waals surface area contributed by atoms with Gasteiger partial charge in [-0.25, -0.2) is 9.51 Å². The Bertz CT molecular complexity index is 690. The van der Waals surface area contributed by atoms with E-state index >= 15 is 0 Å². The maximum Gasteiger partial charge on any atom is 0.275 e. The molecule has 0 radical (unpaired) electrons. The highest BCUT2D eigenvalue weighted by Gasteiger charge is 2.15. The Morgan fingerprint density at radius 2 is 2.11 bits per heavy atom. The first-order valence-electron chi connectivity index (χ1n) is 5.11. The van der Waals surface area contributed by atoms with Crippen molar-refractivity contribution in [2.24, 2.45) is 0 Å². The van der Waals surface area contributed by atoms with Crippen LogP contribution in [0.25, 0.3) is 0 Å². The minimum absolute atomic E-state index is 0.139. The zero-order valence-electron chi connectivity index (χ0n) is 9.59. The Morgan fingerprint density at radius 3 is 2.79 bits per heavy atom. The molecule has 1 aromatic carbocycles. The van der Waals surface area contributed by atoms with Gasteiger partial charge in [-0.2, -0.15) is 13.7 Å². The Hall–Kier alpha value is -2.05. The van der Waals surface area contributed by atoms with Crippen molar-refractivity contribution in [3.63, 3.8) is 0 Å². The van der Waals surface area contributed by atoms with Gasteiger partial charge < -0.3 is 0 Å². The third-order valence-corrected chi connectivity index (χ3v) is 4.19. The fraction of sp³-hybridized carbons (Fsp3) is 0.100. The van der Waals surface area contributed by atoms with E-state index in [-0.39, 0.29) is 10.6 Å². The maximum absolute atomic E-state index is 12.1. The third-order valence-electron chi connectivity index (χ3n) is 2.05. The van der Waals surface area contributed by atoms with Crippen molar-refractivity contribution < 1.29 is 8.42 Å². The van der Waals surface area contributed by atoms with E-state index in [1.54, 1.807) is 18.2 Å². The second kappa shape index (κ2) is 5.73. The lowest BCUT2D eigenvalue weighted by molar-refractivity contribution is 0.593. The van der Waals surface area contributed by atoms with E-state index in [9.17, 15) is 8.42 Å². The molecule has 0 amide bonds. The van der Waals surface area contributed by atoms with Gasteiger partial charge in [-0.1, -0.05) is 30.0 Å². The quantitative estimate of drug-likeness (QED) is 0.820. The van der Waals surface area contributed by atoms with Crippen molar-refractivity contribution in [1.29, 1.82) is 5.26 Å². The molecule has 2 aromatic rings.